The molecule has 0 spiro atoms. The van der Waals surface area contributed by atoms with Crippen molar-refractivity contribution in [3.63, 3.8) is 0 Å². The number of rotatable bonds is 8. The van der Waals surface area contributed by atoms with Gasteiger partial charge >= 0.3 is 0 Å². The summed E-state index contributed by atoms with van der Waals surface area (Å²) in [5.74, 6) is -0.504. The average Bonchev–Trinajstić information content (AvgIpc) is 2.48. The van der Waals surface area contributed by atoms with Gasteiger partial charge in [0.25, 0.3) is 5.69 Å². The molecule has 0 aliphatic rings. The van der Waals surface area contributed by atoms with Gasteiger partial charge in [0.1, 0.15) is 5.75 Å². The van der Waals surface area contributed by atoms with Crippen molar-refractivity contribution in [2.45, 2.75) is 45.4 Å². The fraction of sp³-hybridized carbons (Fsp3) is 0.467. The normalized spacial score (nSPS) is 10.1. The predicted octanol–water partition coefficient (Wildman–Crippen LogP) is 3.47. The van der Waals surface area contributed by atoms with Crippen molar-refractivity contribution < 1.29 is 14.8 Å². The molecule has 0 aliphatic carbocycles. The van der Waals surface area contributed by atoms with E-state index in [1.54, 1.807) is 0 Å². The van der Waals surface area contributed by atoms with Crippen LogP contribution in [0.15, 0.2) is 18.2 Å². The number of amides is 1. The molecule has 1 aromatic rings. The molecule has 1 aromatic carbocycles. The molecule has 0 bridgehead atoms. The molecule has 0 atom stereocenters. The van der Waals surface area contributed by atoms with Gasteiger partial charge in [0.15, 0.2) is 5.11 Å². The van der Waals surface area contributed by atoms with Crippen molar-refractivity contribution in [1.29, 1.82) is 0 Å². The number of benzene rings is 1. The summed E-state index contributed by atoms with van der Waals surface area (Å²) in [5, 5.41) is 25.5. The van der Waals surface area contributed by atoms with Gasteiger partial charge in [-0.1, -0.05) is 32.6 Å². The summed E-state index contributed by atoms with van der Waals surface area (Å²) in [4.78, 5) is 21.7. The largest absolute Gasteiger partial charge is 0.506 e. The molecule has 0 unspecified atom stereocenters. The monoisotopic (exact) mass is 339 g/mol. The van der Waals surface area contributed by atoms with Crippen LogP contribution in [0.2, 0.25) is 0 Å². The van der Waals surface area contributed by atoms with E-state index < -0.39 is 4.92 Å². The zero-order valence-corrected chi connectivity index (χ0v) is 13.8. The van der Waals surface area contributed by atoms with Crippen molar-refractivity contribution in [3.05, 3.63) is 28.3 Å². The van der Waals surface area contributed by atoms with Crippen LogP contribution in [-0.2, 0) is 4.79 Å². The predicted molar refractivity (Wildman–Crippen MR) is 92.5 cm³/mol. The van der Waals surface area contributed by atoms with Crippen LogP contribution >= 0.6 is 12.2 Å². The highest BCUT2D eigenvalue weighted by molar-refractivity contribution is 7.80. The zero-order valence-electron chi connectivity index (χ0n) is 13.0. The van der Waals surface area contributed by atoms with E-state index in [1.165, 1.54) is 18.6 Å². The third-order valence-electron chi connectivity index (χ3n) is 3.20. The first-order valence-electron chi connectivity index (χ1n) is 7.52. The SMILES string of the molecule is CCCCCCCC(=O)NC(=S)Nc1ccc([N+](=O)[O-])cc1O. The molecular formula is C15H21N3O4S. The fourth-order valence-electron chi connectivity index (χ4n) is 1.97. The first kappa shape index (κ1) is 18.8. The van der Waals surface area contributed by atoms with E-state index in [4.69, 9.17) is 12.2 Å². The molecule has 0 saturated heterocycles. The second-order valence-electron chi connectivity index (χ2n) is 5.13. The maximum absolute atomic E-state index is 11.7. The van der Waals surface area contributed by atoms with Crippen LogP contribution in [0.5, 0.6) is 5.75 Å². The van der Waals surface area contributed by atoms with Crippen LogP contribution in [-0.4, -0.2) is 21.0 Å². The van der Waals surface area contributed by atoms with E-state index in [0.717, 1.165) is 31.7 Å². The highest BCUT2D eigenvalue weighted by atomic mass is 32.1. The van der Waals surface area contributed by atoms with Crippen molar-refractivity contribution in [2.24, 2.45) is 0 Å². The molecule has 3 N–H and O–H groups in total. The van der Waals surface area contributed by atoms with Crippen LogP contribution < -0.4 is 10.6 Å². The van der Waals surface area contributed by atoms with E-state index in [-0.39, 0.29) is 28.1 Å². The third kappa shape index (κ3) is 7.05. The van der Waals surface area contributed by atoms with Gasteiger partial charge in [0.05, 0.1) is 16.7 Å². The van der Waals surface area contributed by atoms with Crippen LogP contribution in [0.3, 0.4) is 0 Å². The van der Waals surface area contributed by atoms with Gasteiger partial charge in [-0.3, -0.25) is 14.9 Å². The van der Waals surface area contributed by atoms with Gasteiger partial charge in [0, 0.05) is 12.5 Å². The number of nitrogens with one attached hydrogen (secondary N) is 2. The Balaban J connectivity index is 2.41. The van der Waals surface area contributed by atoms with Crippen LogP contribution in [0.4, 0.5) is 11.4 Å². The molecule has 8 heteroatoms. The number of hydrogen-bond donors (Lipinski definition) is 3. The van der Waals surface area contributed by atoms with E-state index in [1.807, 2.05) is 0 Å². The lowest BCUT2D eigenvalue weighted by Crippen LogP contribution is -2.33. The summed E-state index contributed by atoms with van der Waals surface area (Å²) in [5.41, 5.74) is -0.0288. The van der Waals surface area contributed by atoms with E-state index in [9.17, 15) is 20.0 Å². The number of hydrogen-bond acceptors (Lipinski definition) is 5. The van der Waals surface area contributed by atoms with Crippen LogP contribution in [0, 0.1) is 10.1 Å². The highest BCUT2D eigenvalue weighted by Gasteiger charge is 2.11. The zero-order chi connectivity index (χ0) is 17.2. The number of carbonyl (C=O) groups excluding carboxylic acids is 1. The summed E-state index contributed by atoms with van der Waals surface area (Å²) < 4.78 is 0. The summed E-state index contributed by atoms with van der Waals surface area (Å²) in [7, 11) is 0. The number of nitro groups is 1. The molecule has 126 valence electrons. The minimum absolute atomic E-state index is 0.0488. The first-order valence-corrected chi connectivity index (χ1v) is 7.93. The topological polar surface area (TPSA) is 104 Å². The van der Waals surface area contributed by atoms with Crippen molar-refractivity contribution >= 4 is 34.6 Å². The number of thiocarbonyl (C=S) groups is 1. The fourth-order valence-corrected chi connectivity index (χ4v) is 2.19. The molecule has 7 nitrogen and oxygen atoms in total. The molecule has 0 radical (unpaired) electrons. The Kier molecular flexibility index (Phi) is 7.96. The quantitative estimate of drug-likeness (QED) is 0.220. The number of non-ortho nitro benzene ring substituents is 1. The first-order chi connectivity index (χ1) is 10.9. The van der Waals surface area contributed by atoms with Crippen molar-refractivity contribution in [3.8, 4) is 5.75 Å². The number of phenols is 1. The number of carbonyl (C=O) groups is 1. The lowest BCUT2D eigenvalue weighted by atomic mass is 10.1. The Morgan fingerprint density at radius 1 is 1.30 bits per heavy atom. The molecule has 0 fully saturated rings. The number of unbranched alkanes of at least 4 members (excludes halogenated alkanes) is 4. The second-order valence-corrected chi connectivity index (χ2v) is 5.53. The molecule has 0 heterocycles. The van der Waals surface area contributed by atoms with E-state index >= 15 is 0 Å². The lowest BCUT2D eigenvalue weighted by molar-refractivity contribution is -0.384. The van der Waals surface area contributed by atoms with Gasteiger partial charge in [-0.05, 0) is 24.7 Å². The Bertz CT molecular complexity index is 578. The van der Waals surface area contributed by atoms with E-state index in [0.29, 0.717) is 6.42 Å². The molecule has 0 saturated carbocycles. The number of anilines is 1. The van der Waals surface area contributed by atoms with Crippen molar-refractivity contribution in [2.75, 3.05) is 5.32 Å². The smallest absolute Gasteiger partial charge is 0.273 e. The number of nitro benzene ring substituents is 1. The summed E-state index contributed by atoms with van der Waals surface area (Å²) in [6.07, 6.45) is 5.63. The number of nitrogens with zero attached hydrogens (tertiary/aromatic N) is 1. The Morgan fingerprint density at radius 2 is 2.00 bits per heavy atom. The lowest BCUT2D eigenvalue weighted by Gasteiger charge is -2.10. The summed E-state index contributed by atoms with van der Waals surface area (Å²) >= 11 is 4.99. The third-order valence-corrected chi connectivity index (χ3v) is 3.40. The minimum atomic E-state index is -0.609. The minimum Gasteiger partial charge on any atom is -0.506 e. The molecule has 23 heavy (non-hydrogen) atoms. The Morgan fingerprint density at radius 3 is 2.61 bits per heavy atom. The molecule has 1 rings (SSSR count). The van der Waals surface area contributed by atoms with Crippen LogP contribution in [0.1, 0.15) is 45.4 Å². The number of phenolic OH excluding ortho intramolecular Hbond substituents is 1. The van der Waals surface area contributed by atoms with Gasteiger partial charge < -0.3 is 15.7 Å². The average molecular weight is 339 g/mol. The Labute approximate surface area is 140 Å². The van der Waals surface area contributed by atoms with Gasteiger partial charge in [-0.2, -0.15) is 0 Å². The number of aromatic hydroxyl groups is 1. The maximum Gasteiger partial charge on any atom is 0.273 e. The molecule has 0 aromatic heterocycles. The van der Waals surface area contributed by atoms with Crippen LogP contribution in [0.25, 0.3) is 0 Å². The molecule has 1 amide bonds. The standard InChI is InChI=1S/C15H21N3O4S/c1-2-3-4-5-6-7-14(20)17-15(23)16-12-9-8-11(18(21)22)10-13(12)19/h8-10,19H,2-7H2,1H3,(H2,16,17,20,23). The summed E-state index contributed by atoms with van der Waals surface area (Å²) in [6, 6.07) is 3.58. The molecular weight excluding hydrogens is 318 g/mol. The highest BCUT2D eigenvalue weighted by Crippen LogP contribution is 2.27. The Hall–Kier alpha value is -2.22. The summed E-state index contributed by atoms with van der Waals surface area (Å²) in [6.45, 7) is 2.13. The van der Waals surface area contributed by atoms with Gasteiger partial charge in [-0.25, -0.2) is 0 Å². The van der Waals surface area contributed by atoms with Gasteiger partial charge in [-0.15, -0.1) is 0 Å². The van der Waals surface area contributed by atoms with Gasteiger partial charge in [0.2, 0.25) is 5.91 Å². The maximum atomic E-state index is 11.7. The second kappa shape index (κ2) is 9.73. The molecule has 0 aliphatic heterocycles. The van der Waals surface area contributed by atoms with Crippen molar-refractivity contribution in [1.82, 2.24) is 5.32 Å². The van der Waals surface area contributed by atoms with E-state index in [2.05, 4.69) is 17.6 Å².